The molecule has 8 atom stereocenters. The van der Waals surface area contributed by atoms with Gasteiger partial charge < -0.3 is 23.7 Å². The highest BCUT2D eigenvalue weighted by molar-refractivity contribution is 5.15. The summed E-state index contributed by atoms with van der Waals surface area (Å²) in [6.45, 7) is 6.93. The van der Waals surface area contributed by atoms with Gasteiger partial charge in [0.2, 0.25) is 0 Å². The third kappa shape index (κ3) is 2.91. The van der Waals surface area contributed by atoms with Gasteiger partial charge in [-0.25, -0.2) is 0 Å². The second-order valence-electron chi connectivity index (χ2n) is 10.9. The van der Waals surface area contributed by atoms with E-state index in [9.17, 15) is 0 Å². The third-order valence-electron chi connectivity index (χ3n) is 10.0. The van der Waals surface area contributed by atoms with E-state index in [1.807, 2.05) is 7.11 Å². The zero-order chi connectivity index (χ0) is 20.3. The maximum atomic E-state index is 6.32. The Morgan fingerprint density at radius 2 is 1.76 bits per heavy atom. The number of fused-ring (bicyclic) bond motifs is 6. The molecule has 1 aliphatic heterocycles. The van der Waals surface area contributed by atoms with E-state index in [-0.39, 0.29) is 11.2 Å². The minimum Gasteiger partial charge on any atom is -0.381 e. The molecule has 29 heavy (non-hydrogen) atoms. The Balaban J connectivity index is 1.42. The zero-order valence-electron chi connectivity index (χ0n) is 18.8. The van der Waals surface area contributed by atoms with E-state index in [0.717, 1.165) is 44.3 Å². The van der Waals surface area contributed by atoms with Gasteiger partial charge in [0.05, 0.1) is 25.4 Å². The van der Waals surface area contributed by atoms with E-state index < -0.39 is 0 Å². The van der Waals surface area contributed by atoms with Crippen molar-refractivity contribution in [2.75, 3.05) is 34.2 Å². The molecule has 0 aromatic heterocycles. The van der Waals surface area contributed by atoms with Gasteiger partial charge in [-0.3, -0.25) is 0 Å². The van der Waals surface area contributed by atoms with Gasteiger partial charge in [-0.15, -0.1) is 0 Å². The second kappa shape index (κ2) is 7.44. The first-order valence-corrected chi connectivity index (χ1v) is 11.9. The molecule has 5 rings (SSSR count). The first kappa shape index (κ1) is 20.7. The molecule has 0 aromatic carbocycles. The van der Waals surface area contributed by atoms with Gasteiger partial charge in [0.15, 0.2) is 5.79 Å². The average molecular weight is 409 g/mol. The fourth-order valence-corrected chi connectivity index (χ4v) is 8.73. The first-order chi connectivity index (χ1) is 14.0. The topological polar surface area (TPSA) is 46.2 Å². The van der Waals surface area contributed by atoms with Crippen molar-refractivity contribution in [2.45, 2.75) is 83.2 Å². The van der Waals surface area contributed by atoms with Crippen LogP contribution in [0.15, 0.2) is 0 Å². The van der Waals surface area contributed by atoms with Crippen LogP contribution in [0.25, 0.3) is 0 Å². The highest BCUT2D eigenvalue weighted by atomic mass is 16.7. The Morgan fingerprint density at radius 3 is 2.48 bits per heavy atom. The predicted molar refractivity (Wildman–Crippen MR) is 109 cm³/mol. The maximum Gasteiger partial charge on any atom is 0.174 e. The summed E-state index contributed by atoms with van der Waals surface area (Å²) in [6, 6.07) is 0. The molecule has 0 radical (unpaired) electrons. The van der Waals surface area contributed by atoms with Crippen LogP contribution in [0.5, 0.6) is 0 Å². The van der Waals surface area contributed by atoms with Crippen molar-refractivity contribution in [3.05, 3.63) is 0 Å². The minimum atomic E-state index is -0.358. The lowest BCUT2D eigenvalue weighted by atomic mass is 9.44. The van der Waals surface area contributed by atoms with Crippen molar-refractivity contribution in [3.63, 3.8) is 0 Å². The molecule has 1 heterocycles. The molecular formula is C24H40O5. The summed E-state index contributed by atoms with van der Waals surface area (Å²) in [5.41, 5.74) is 0.429. The van der Waals surface area contributed by atoms with Crippen LogP contribution in [0, 0.1) is 34.5 Å². The maximum absolute atomic E-state index is 6.32. The summed E-state index contributed by atoms with van der Waals surface area (Å²) in [5, 5.41) is 0. The van der Waals surface area contributed by atoms with E-state index in [2.05, 4.69) is 13.8 Å². The minimum absolute atomic E-state index is 0.0767. The molecule has 5 heteroatoms. The van der Waals surface area contributed by atoms with Crippen LogP contribution in [0.2, 0.25) is 0 Å². The Kier molecular flexibility index (Phi) is 5.31. The molecule has 4 aliphatic carbocycles. The summed E-state index contributed by atoms with van der Waals surface area (Å²) < 4.78 is 30.1. The lowest BCUT2D eigenvalue weighted by Crippen LogP contribution is -2.62. The van der Waals surface area contributed by atoms with Crippen molar-refractivity contribution >= 4 is 0 Å². The normalized spacial score (nSPS) is 50.9. The van der Waals surface area contributed by atoms with Crippen LogP contribution >= 0.6 is 0 Å². The first-order valence-electron chi connectivity index (χ1n) is 11.9. The van der Waals surface area contributed by atoms with E-state index in [0.29, 0.717) is 36.3 Å². The molecular weight excluding hydrogens is 368 g/mol. The highest BCUT2D eigenvalue weighted by Crippen LogP contribution is 2.69. The van der Waals surface area contributed by atoms with Crippen molar-refractivity contribution in [2.24, 2.45) is 34.5 Å². The Bertz CT molecular complexity index is 604. The monoisotopic (exact) mass is 408 g/mol. The molecule has 1 saturated heterocycles. The van der Waals surface area contributed by atoms with Gasteiger partial charge in [0, 0.05) is 26.1 Å². The second-order valence-corrected chi connectivity index (χ2v) is 10.9. The van der Waals surface area contributed by atoms with Gasteiger partial charge in [-0.1, -0.05) is 13.8 Å². The number of rotatable bonds is 4. The fourth-order valence-electron chi connectivity index (χ4n) is 8.73. The van der Waals surface area contributed by atoms with Gasteiger partial charge in [-0.05, 0) is 74.0 Å². The number of ether oxygens (including phenoxy) is 5. The van der Waals surface area contributed by atoms with E-state index in [4.69, 9.17) is 23.7 Å². The predicted octanol–water partition coefficient (Wildman–Crippen LogP) is 4.39. The molecule has 5 aliphatic rings. The molecule has 1 unspecified atom stereocenters. The van der Waals surface area contributed by atoms with Gasteiger partial charge in [0.25, 0.3) is 0 Å². The Labute approximate surface area is 176 Å². The summed E-state index contributed by atoms with van der Waals surface area (Å²) in [6.07, 6.45) is 10.2. The Hall–Kier alpha value is -0.200. The summed E-state index contributed by atoms with van der Waals surface area (Å²) in [5.74, 6) is 2.43. The Morgan fingerprint density at radius 1 is 0.966 bits per heavy atom. The largest absolute Gasteiger partial charge is 0.381 e. The van der Waals surface area contributed by atoms with Crippen LogP contribution < -0.4 is 0 Å². The third-order valence-corrected chi connectivity index (χ3v) is 10.0. The van der Waals surface area contributed by atoms with Crippen molar-refractivity contribution in [3.8, 4) is 0 Å². The van der Waals surface area contributed by atoms with Crippen LogP contribution in [-0.4, -0.2) is 52.2 Å². The van der Waals surface area contributed by atoms with Crippen LogP contribution in [-0.2, 0) is 23.7 Å². The van der Waals surface area contributed by atoms with Gasteiger partial charge >= 0.3 is 0 Å². The molecule has 4 saturated carbocycles. The van der Waals surface area contributed by atoms with Crippen molar-refractivity contribution < 1.29 is 23.7 Å². The van der Waals surface area contributed by atoms with Gasteiger partial charge in [-0.2, -0.15) is 0 Å². The summed E-state index contributed by atoms with van der Waals surface area (Å²) in [4.78, 5) is 0. The number of methoxy groups -OCH3 is 2. The van der Waals surface area contributed by atoms with Crippen molar-refractivity contribution in [1.82, 2.24) is 0 Å². The van der Waals surface area contributed by atoms with Crippen LogP contribution in [0.3, 0.4) is 0 Å². The summed E-state index contributed by atoms with van der Waals surface area (Å²) >= 11 is 0. The molecule has 0 amide bonds. The zero-order valence-corrected chi connectivity index (χ0v) is 18.8. The molecule has 1 spiro atoms. The molecule has 5 fully saturated rings. The van der Waals surface area contributed by atoms with E-state index >= 15 is 0 Å². The lowest BCUT2D eigenvalue weighted by molar-refractivity contribution is -0.268. The van der Waals surface area contributed by atoms with E-state index in [1.54, 1.807) is 7.11 Å². The van der Waals surface area contributed by atoms with Gasteiger partial charge in [0.1, 0.15) is 6.79 Å². The smallest absolute Gasteiger partial charge is 0.174 e. The highest BCUT2D eigenvalue weighted by Gasteiger charge is 2.69. The van der Waals surface area contributed by atoms with Crippen LogP contribution in [0.1, 0.15) is 65.2 Å². The molecule has 0 N–H and O–H groups in total. The molecule has 166 valence electrons. The molecule has 0 aromatic rings. The molecule has 0 bridgehead atoms. The van der Waals surface area contributed by atoms with E-state index in [1.165, 1.54) is 32.1 Å². The SMILES string of the molecule is COCO[C@@H]1CC[C@@]2(C)[C@@H](CC[C@H]3C4CCC5(OCCO5)[C@@]4(C)C[C@H](OC)[C@@H]32)C1. The van der Waals surface area contributed by atoms with Crippen LogP contribution in [0.4, 0.5) is 0 Å². The average Bonchev–Trinajstić information content (AvgIpc) is 3.31. The number of hydrogen-bond donors (Lipinski definition) is 0. The molecule has 5 nitrogen and oxygen atoms in total. The summed E-state index contributed by atoms with van der Waals surface area (Å²) in [7, 11) is 3.65. The number of hydrogen-bond acceptors (Lipinski definition) is 5. The standard InChI is InChI=1S/C24H40O5/c1-22-9-7-17(27-15-25-3)13-16(22)5-6-18-19-8-10-24(28-11-12-29-24)23(19,2)14-20(26-4)21(18)22/h16-21H,5-15H2,1-4H3/t16-,17+,18-,19?,20-,21+,22-,23-/m0/s1. The fraction of sp³-hybridized carbons (Fsp3) is 1.00. The lowest BCUT2D eigenvalue weighted by Gasteiger charge is -2.63. The quantitative estimate of drug-likeness (QED) is 0.646. The van der Waals surface area contributed by atoms with Crippen molar-refractivity contribution in [1.29, 1.82) is 0 Å².